The highest BCUT2D eigenvalue weighted by Gasteiger charge is 2.11. The van der Waals surface area contributed by atoms with E-state index in [1.54, 1.807) is 13.4 Å². The SMILES string of the molecule is CCNc1nc(-c2ccc(OC)cc2)c2[nH]cnc2n1. The van der Waals surface area contributed by atoms with E-state index in [4.69, 9.17) is 4.74 Å². The highest BCUT2D eigenvalue weighted by molar-refractivity contribution is 5.88. The molecule has 0 fully saturated rings. The molecule has 6 heteroatoms. The lowest BCUT2D eigenvalue weighted by atomic mass is 10.1. The van der Waals surface area contributed by atoms with Crippen LogP contribution < -0.4 is 10.1 Å². The molecule has 2 heterocycles. The van der Waals surface area contributed by atoms with Gasteiger partial charge in [-0.25, -0.2) is 9.97 Å². The molecule has 0 amide bonds. The van der Waals surface area contributed by atoms with Gasteiger partial charge in [0, 0.05) is 12.1 Å². The number of rotatable bonds is 4. The molecule has 2 aromatic heterocycles. The highest BCUT2D eigenvalue weighted by Crippen LogP contribution is 2.26. The number of anilines is 1. The third kappa shape index (κ3) is 2.16. The zero-order chi connectivity index (χ0) is 13.9. The summed E-state index contributed by atoms with van der Waals surface area (Å²) in [5.41, 5.74) is 3.30. The van der Waals surface area contributed by atoms with Gasteiger partial charge in [-0.1, -0.05) is 0 Å². The molecular weight excluding hydrogens is 254 g/mol. The Hall–Kier alpha value is -2.63. The zero-order valence-corrected chi connectivity index (χ0v) is 11.3. The number of benzene rings is 1. The molecule has 0 radical (unpaired) electrons. The van der Waals surface area contributed by atoms with Gasteiger partial charge in [0.1, 0.15) is 17.0 Å². The Balaban J connectivity index is 2.14. The number of H-pyrrole nitrogens is 1. The Morgan fingerprint density at radius 2 is 2.00 bits per heavy atom. The van der Waals surface area contributed by atoms with Crippen LogP contribution in [0.15, 0.2) is 30.6 Å². The van der Waals surface area contributed by atoms with Crippen molar-refractivity contribution in [3.63, 3.8) is 0 Å². The van der Waals surface area contributed by atoms with Gasteiger partial charge in [0.25, 0.3) is 0 Å². The number of methoxy groups -OCH3 is 1. The molecule has 0 aliphatic carbocycles. The Bertz CT molecular complexity index is 720. The lowest BCUT2D eigenvalue weighted by molar-refractivity contribution is 0.415. The third-order valence-corrected chi connectivity index (χ3v) is 2.98. The normalized spacial score (nSPS) is 10.7. The molecule has 20 heavy (non-hydrogen) atoms. The summed E-state index contributed by atoms with van der Waals surface area (Å²) in [4.78, 5) is 16.2. The standard InChI is InChI=1S/C14H15N5O/c1-3-15-14-18-11(12-13(19-14)17-8-16-12)9-4-6-10(20-2)7-5-9/h4-8H,3H2,1-2H3,(H2,15,16,17,18,19). The summed E-state index contributed by atoms with van der Waals surface area (Å²) in [6, 6.07) is 7.76. The van der Waals surface area contributed by atoms with Crippen LogP contribution in [0.2, 0.25) is 0 Å². The summed E-state index contributed by atoms with van der Waals surface area (Å²) in [6.45, 7) is 2.77. The number of nitrogens with one attached hydrogen (secondary N) is 2. The van der Waals surface area contributed by atoms with Crippen molar-refractivity contribution in [2.75, 3.05) is 19.0 Å². The van der Waals surface area contributed by atoms with Crippen molar-refractivity contribution in [1.29, 1.82) is 0 Å². The molecule has 0 saturated carbocycles. The molecule has 0 aliphatic rings. The van der Waals surface area contributed by atoms with Crippen LogP contribution in [-0.4, -0.2) is 33.6 Å². The number of aromatic nitrogens is 4. The third-order valence-electron chi connectivity index (χ3n) is 2.98. The largest absolute Gasteiger partial charge is 0.497 e. The maximum Gasteiger partial charge on any atom is 0.225 e. The van der Waals surface area contributed by atoms with Gasteiger partial charge in [0.2, 0.25) is 5.95 Å². The minimum Gasteiger partial charge on any atom is -0.497 e. The summed E-state index contributed by atoms with van der Waals surface area (Å²) in [5, 5.41) is 3.12. The van der Waals surface area contributed by atoms with Crippen molar-refractivity contribution >= 4 is 17.1 Å². The van der Waals surface area contributed by atoms with Crippen LogP contribution in [0.4, 0.5) is 5.95 Å². The van der Waals surface area contributed by atoms with Gasteiger partial charge in [-0.2, -0.15) is 4.98 Å². The predicted octanol–water partition coefficient (Wildman–Crippen LogP) is 2.46. The molecule has 1 aromatic carbocycles. The number of hydrogen-bond acceptors (Lipinski definition) is 5. The number of ether oxygens (including phenoxy) is 1. The van der Waals surface area contributed by atoms with Crippen LogP contribution in [0, 0.1) is 0 Å². The first-order valence-corrected chi connectivity index (χ1v) is 6.41. The molecule has 2 N–H and O–H groups in total. The maximum atomic E-state index is 5.17. The average molecular weight is 269 g/mol. The van der Waals surface area contributed by atoms with Crippen LogP contribution in [0.3, 0.4) is 0 Å². The first-order valence-electron chi connectivity index (χ1n) is 6.41. The molecule has 3 aromatic rings. The molecule has 0 bridgehead atoms. The minimum atomic E-state index is 0.581. The smallest absolute Gasteiger partial charge is 0.225 e. The van der Waals surface area contributed by atoms with Crippen molar-refractivity contribution in [3.05, 3.63) is 30.6 Å². The van der Waals surface area contributed by atoms with Crippen LogP contribution >= 0.6 is 0 Å². The number of hydrogen-bond donors (Lipinski definition) is 2. The highest BCUT2D eigenvalue weighted by atomic mass is 16.5. The lowest BCUT2D eigenvalue weighted by Gasteiger charge is -2.07. The van der Waals surface area contributed by atoms with E-state index in [1.807, 2.05) is 31.2 Å². The van der Waals surface area contributed by atoms with Crippen LogP contribution in [-0.2, 0) is 0 Å². The van der Waals surface area contributed by atoms with E-state index in [0.717, 1.165) is 29.1 Å². The Morgan fingerprint density at radius 3 is 2.70 bits per heavy atom. The predicted molar refractivity (Wildman–Crippen MR) is 77.8 cm³/mol. The van der Waals surface area contributed by atoms with Gasteiger partial charge in [0.15, 0.2) is 5.65 Å². The van der Waals surface area contributed by atoms with Gasteiger partial charge in [-0.05, 0) is 31.2 Å². The lowest BCUT2D eigenvalue weighted by Crippen LogP contribution is -2.03. The molecule has 0 spiro atoms. The molecule has 0 atom stereocenters. The number of imidazole rings is 1. The summed E-state index contributed by atoms with van der Waals surface area (Å²) in [7, 11) is 1.65. The number of nitrogens with zero attached hydrogens (tertiary/aromatic N) is 3. The van der Waals surface area contributed by atoms with E-state index in [2.05, 4.69) is 25.3 Å². The zero-order valence-electron chi connectivity index (χ0n) is 11.3. The van der Waals surface area contributed by atoms with E-state index in [0.29, 0.717) is 11.6 Å². The van der Waals surface area contributed by atoms with Crippen molar-refractivity contribution in [2.45, 2.75) is 6.92 Å². The topological polar surface area (TPSA) is 75.7 Å². The average Bonchev–Trinajstić information content (AvgIpc) is 2.95. The summed E-state index contributed by atoms with van der Waals surface area (Å²) in [6.07, 6.45) is 1.63. The molecule has 6 nitrogen and oxygen atoms in total. The van der Waals surface area contributed by atoms with E-state index < -0.39 is 0 Å². The van der Waals surface area contributed by atoms with Gasteiger partial charge in [-0.3, -0.25) is 0 Å². The molecule has 0 unspecified atom stereocenters. The fourth-order valence-electron chi connectivity index (χ4n) is 2.03. The van der Waals surface area contributed by atoms with Crippen LogP contribution in [0.5, 0.6) is 5.75 Å². The van der Waals surface area contributed by atoms with Gasteiger partial charge < -0.3 is 15.0 Å². The second-order valence-corrected chi connectivity index (χ2v) is 4.26. The van der Waals surface area contributed by atoms with Crippen molar-refractivity contribution in [1.82, 2.24) is 19.9 Å². The molecular formula is C14H15N5O. The fourth-order valence-corrected chi connectivity index (χ4v) is 2.03. The van der Waals surface area contributed by atoms with Crippen LogP contribution in [0.1, 0.15) is 6.92 Å². The van der Waals surface area contributed by atoms with Gasteiger partial charge >= 0.3 is 0 Å². The molecule has 102 valence electrons. The Kier molecular flexibility index (Phi) is 3.20. The Morgan fingerprint density at radius 1 is 1.20 bits per heavy atom. The van der Waals surface area contributed by atoms with E-state index in [9.17, 15) is 0 Å². The summed E-state index contributed by atoms with van der Waals surface area (Å²) < 4.78 is 5.17. The first kappa shape index (κ1) is 12.4. The van der Waals surface area contributed by atoms with E-state index >= 15 is 0 Å². The summed E-state index contributed by atoms with van der Waals surface area (Å²) >= 11 is 0. The van der Waals surface area contributed by atoms with E-state index in [1.165, 1.54) is 0 Å². The quantitative estimate of drug-likeness (QED) is 0.761. The Labute approximate surface area is 116 Å². The number of aromatic amines is 1. The molecule has 3 rings (SSSR count). The second kappa shape index (κ2) is 5.16. The van der Waals surface area contributed by atoms with E-state index in [-0.39, 0.29) is 0 Å². The van der Waals surface area contributed by atoms with Gasteiger partial charge in [-0.15, -0.1) is 0 Å². The van der Waals surface area contributed by atoms with Crippen molar-refractivity contribution in [3.8, 4) is 17.0 Å². The second-order valence-electron chi connectivity index (χ2n) is 4.26. The monoisotopic (exact) mass is 269 g/mol. The van der Waals surface area contributed by atoms with Crippen molar-refractivity contribution < 1.29 is 4.74 Å². The maximum absolute atomic E-state index is 5.17. The summed E-state index contributed by atoms with van der Waals surface area (Å²) in [5.74, 6) is 1.40. The first-order chi connectivity index (χ1) is 9.81. The van der Waals surface area contributed by atoms with Crippen LogP contribution in [0.25, 0.3) is 22.4 Å². The fraction of sp³-hybridized carbons (Fsp3) is 0.214. The minimum absolute atomic E-state index is 0.581. The van der Waals surface area contributed by atoms with Gasteiger partial charge in [0.05, 0.1) is 13.4 Å². The number of fused-ring (bicyclic) bond motifs is 1. The molecule has 0 saturated heterocycles. The molecule has 0 aliphatic heterocycles. The van der Waals surface area contributed by atoms with Crippen molar-refractivity contribution in [2.24, 2.45) is 0 Å².